The zero-order valence-corrected chi connectivity index (χ0v) is 63.7. The van der Waals surface area contributed by atoms with E-state index in [9.17, 15) is 0 Å². The third-order valence-corrected chi connectivity index (χ3v) is 41.7. The molecule has 0 spiro atoms. The summed E-state index contributed by atoms with van der Waals surface area (Å²) in [5.74, 6) is 8.23. The topological polar surface area (TPSA) is 0 Å². The summed E-state index contributed by atoms with van der Waals surface area (Å²) in [5.41, 5.74) is 0. The van der Waals surface area contributed by atoms with Gasteiger partial charge in [0.1, 0.15) is 0 Å². The average Bonchev–Trinajstić information content (AvgIpc) is 3.22. The average molecular weight is 1140 g/mol. The third-order valence-electron chi connectivity index (χ3n) is 14.2. The summed E-state index contributed by atoms with van der Waals surface area (Å²) in [6, 6.07) is 0. The number of halogens is 3. The highest BCUT2D eigenvalue weighted by atomic mass is 35.7. The van der Waals surface area contributed by atoms with Crippen LogP contribution in [-0.4, -0.2) is 96.3 Å². The Morgan fingerprint density at radius 1 is 0.319 bits per heavy atom. The van der Waals surface area contributed by atoms with Gasteiger partial charge in [-0.25, -0.2) is 20.1 Å². The van der Waals surface area contributed by atoms with Gasteiger partial charge in [0.15, 0.2) is 0 Å². The van der Waals surface area contributed by atoms with E-state index >= 15 is 0 Å². The van der Waals surface area contributed by atoms with E-state index in [1.54, 1.807) is 44.5 Å². The number of rotatable bonds is 27. The van der Waals surface area contributed by atoms with E-state index < -0.39 is 39.7 Å². The second-order valence-electron chi connectivity index (χ2n) is 26.2. The fourth-order valence-corrected chi connectivity index (χ4v) is 31.9. The van der Waals surface area contributed by atoms with Gasteiger partial charge in [0, 0.05) is 0 Å². The maximum Gasteiger partial charge on any atom is 0.519 e. The first-order chi connectivity index (χ1) is 31.9. The highest BCUT2D eigenvalue weighted by Gasteiger charge is 2.24. The molecule has 0 unspecified atom stereocenters. The van der Waals surface area contributed by atoms with Crippen molar-refractivity contribution in [3.05, 3.63) is 0 Å². The van der Waals surface area contributed by atoms with E-state index in [-0.39, 0.29) is 56.6 Å². The molecule has 412 valence electrons. The molecule has 1 aliphatic carbocycles. The zero-order chi connectivity index (χ0) is 55.2. The van der Waals surface area contributed by atoms with E-state index in [4.69, 9.17) is 30.1 Å². The molecular weight excluding hydrogens is 1000 g/mol. The Morgan fingerprint density at radius 3 is 0.797 bits per heavy atom. The molecule has 69 heavy (non-hydrogen) atoms. The number of hydrogen-bond acceptors (Lipinski definition) is 0. The third kappa shape index (κ3) is 72.6. The van der Waals surface area contributed by atoms with E-state index in [1.807, 2.05) is 0 Å². The minimum atomic E-state index is -1.28. The van der Waals surface area contributed by atoms with Crippen LogP contribution < -0.4 is 0 Å². The van der Waals surface area contributed by atoms with Crippen LogP contribution in [0.3, 0.4) is 0 Å². The molecule has 0 aromatic carbocycles. The standard InChI is InChI=1S/C7H13.8C4H9.2C3H7.7C2H5.7Al.3ClH/c1-7-5-3-2-4-6-7;8*1-4(2)3;2*1-3-2;7*1-2;;;;;;;;;;/h7H,1-6H2;8*4H,1H2,2-3H3;2*3H,1-2H3;7*1H2,2H3;;;;;;;;3*1H/q;;;;;;;;;;;;;;;;;;;;;;;+1;+2;;;/p-3. The molecule has 0 aromatic rings. The minimum Gasteiger partial charge on any atom is -0.261 e. The van der Waals surface area contributed by atoms with Gasteiger partial charge in [0.2, 0.25) is 0 Å². The fraction of sp³-hybridized carbons (Fsp3) is 1.00. The molecule has 1 rings (SSSR count). The summed E-state index contributed by atoms with van der Waals surface area (Å²) >= 11 is -3.66. The Kier molecular flexibility index (Phi) is 72.3. The van der Waals surface area contributed by atoms with Crippen LogP contribution in [-0.2, 0) is 0 Å². The van der Waals surface area contributed by atoms with Gasteiger partial charge in [-0.15, -0.1) is 0 Å². The van der Waals surface area contributed by atoms with Crippen LogP contribution in [0.15, 0.2) is 0 Å². The van der Waals surface area contributed by atoms with Crippen molar-refractivity contribution >= 4 is 126 Å². The van der Waals surface area contributed by atoms with Crippen LogP contribution in [0.25, 0.3) is 0 Å². The summed E-state index contributed by atoms with van der Waals surface area (Å²) < 4.78 is 2.03. The van der Waals surface area contributed by atoms with E-state index in [0.717, 1.165) is 62.2 Å². The Hall–Kier alpha value is 4.60. The SMILES string of the molecule is CC(C)[CH2][Al]([CH2]C(C)C)[CH2]C(C)C.CC(C)[CH2][Al]([Cl])[Cl].C[CH2][Al]([CH2]C(C)C)[CH2]C1CCCCC1.C[CH2][Al]([CH2]C(C)C)[CH](C)C.C[CH2][Al]([CH2]C)[CH2]C(C)C.C[CH2][Al]([CH2]C)[CH](C)C.C[CH2][Al]([Cl])[CH2]C(C)C. The van der Waals surface area contributed by atoms with Crippen molar-refractivity contribution in [3.63, 3.8) is 0 Å². The monoisotopic (exact) mass is 1140 g/mol. The second-order valence-corrected chi connectivity index (χ2v) is 54.7. The van der Waals surface area contributed by atoms with Crippen molar-refractivity contribution in [1.82, 2.24) is 0 Å². The van der Waals surface area contributed by atoms with E-state index in [0.29, 0.717) is 5.92 Å². The largest absolute Gasteiger partial charge is 0.519 e. The van der Waals surface area contributed by atoms with Gasteiger partial charge in [0.25, 0.3) is 70.7 Å². The molecule has 0 nitrogen and oxygen atoms in total. The quantitative estimate of drug-likeness (QED) is 0.0719. The lowest BCUT2D eigenvalue weighted by Gasteiger charge is -2.24. The lowest BCUT2D eigenvalue weighted by molar-refractivity contribution is 0.382. The van der Waals surface area contributed by atoms with Crippen molar-refractivity contribution in [2.45, 2.75) is 313 Å². The van der Waals surface area contributed by atoms with Gasteiger partial charge in [-0.1, -0.05) is 366 Å². The smallest absolute Gasteiger partial charge is 0.261 e. The normalized spacial score (nSPS) is 12.3. The summed E-state index contributed by atoms with van der Waals surface area (Å²) in [5, 5.41) is 23.5. The van der Waals surface area contributed by atoms with Crippen LogP contribution in [0.2, 0.25) is 94.1 Å². The van der Waals surface area contributed by atoms with Gasteiger partial charge in [-0.2, -0.15) is 0 Å². The Bertz CT molecular complexity index is 919. The molecule has 1 aliphatic rings. The predicted molar refractivity (Wildman–Crippen MR) is 350 cm³/mol. The van der Waals surface area contributed by atoms with Crippen LogP contribution in [0.5, 0.6) is 0 Å². The van der Waals surface area contributed by atoms with Crippen molar-refractivity contribution < 1.29 is 0 Å². The molecule has 0 bridgehead atoms. The zero-order valence-electron chi connectivity index (χ0n) is 53.4. The van der Waals surface area contributed by atoms with Crippen molar-refractivity contribution in [3.8, 4) is 0 Å². The second kappa shape index (κ2) is 58.7. The first-order valence-electron chi connectivity index (χ1n) is 30.8. The molecule has 0 aliphatic heterocycles. The molecular formula is C59H134Al7Cl3. The predicted octanol–water partition coefficient (Wildman–Crippen LogP) is 24.4. The highest BCUT2D eigenvalue weighted by molar-refractivity contribution is 7.33. The lowest BCUT2D eigenvalue weighted by atomic mass is 9.91. The van der Waals surface area contributed by atoms with Gasteiger partial charge in [0.05, 0.1) is 0 Å². The lowest BCUT2D eigenvalue weighted by Crippen LogP contribution is -2.19. The summed E-state index contributed by atoms with van der Waals surface area (Å²) in [7, 11) is 17.2. The summed E-state index contributed by atoms with van der Waals surface area (Å²) in [6.45, 7) is 63.0. The van der Waals surface area contributed by atoms with Crippen LogP contribution >= 0.6 is 30.1 Å². The fourth-order valence-electron chi connectivity index (χ4n) is 10.3. The maximum atomic E-state index is 6.00. The molecule has 0 atom stereocenters. The van der Waals surface area contributed by atoms with Gasteiger partial charge < -0.3 is 0 Å². The van der Waals surface area contributed by atoms with Crippen molar-refractivity contribution in [2.75, 3.05) is 0 Å². The number of hydrogen-bond donors (Lipinski definition) is 0. The summed E-state index contributed by atoms with van der Waals surface area (Å²) in [4.78, 5) is 0. The van der Waals surface area contributed by atoms with E-state index in [1.165, 1.54) is 66.8 Å². The summed E-state index contributed by atoms with van der Waals surface area (Å²) in [6.07, 6.45) is 7.68. The molecule has 0 N–H and O–H groups in total. The maximum absolute atomic E-state index is 6.00. The van der Waals surface area contributed by atoms with Crippen LogP contribution in [0.1, 0.15) is 219 Å². The molecule has 0 aromatic heterocycles. The van der Waals surface area contributed by atoms with Crippen molar-refractivity contribution in [2.24, 2.45) is 53.3 Å². The van der Waals surface area contributed by atoms with Gasteiger partial charge in [-0.05, 0) is 0 Å². The Morgan fingerprint density at radius 2 is 0.623 bits per heavy atom. The van der Waals surface area contributed by atoms with Crippen LogP contribution in [0, 0.1) is 53.3 Å². The molecule has 0 saturated heterocycles. The van der Waals surface area contributed by atoms with E-state index in [2.05, 4.69) is 187 Å². The highest BCUT2D eigenvalue weighted by Crippen LogP contribution is 2.30. The van der Waals surface area contributed by atoms with Crippen molar-refractivity contribution in [1.29, 1.82) is 0 Å². The molecule has 10 heteroatoms. The first kappa shape index (κ1) is 84.9. The van der Waals surface area contributed by atoms with Crippen LogP contribution in [0.4, 0.5) is 0 Å². The Labute approximate surface area is 487 Å². The Balaban J connectivity index is -0.000000170. The van der Waals surface area contributed by atoms with Gasteiger partial charge in [-0.3, -0.25) is 10.0 Å². The molecule has 0 heterocycles. The molecule has 0 amide bonds. The molecule has 1 saturated carbocycles. The minimum absolute atomic E-state index is 0.250. The van der Waals surface area contributed by atoms with Gasteiger partial charge >= 0.3 is 25.5 Å². The first-order valence-corrected chi connectivity index (χ1v) is 50.5. The molecule has 1 fully saturated rings. The molecule has 0 radical (unpaired) electrons.